The van der Waals surface area contributed by atoms with Crippen molar-refractivity contribution in [2.75, 3.05) is 11.9 Å². The van der Waals surface area contributed by atoms with Gasteiger partial charge in [-0.05, 0) is 57.0 Å². The van der Waals surface area contributed by atoms with E-state index in [-0.39, 0.29) is 17.4 Å². The first-order valence-corrected chi connectivity index (χ1v) is 11.0. The van der Waals surface area contributed by atoms with Gasteiger partial charge in [-0.2, -0.15) is 0 Å². The van der Waals surface area contributed by atoms with Crippen LogP contribution in [0.5, 0.6) is 5.75 Å². The van der Waals surface area contributed by atoms with E-state index >= 15 is 0 Å². The molecule has 3 aromatic carbocycles. The third-order valence-electron chi connectivity index (χ3n) is 4.00. The monoisotopic (exact) mass is 491 g/mol. The summed E-state index contributed by atoms with van der Waals surface area (Å²) in [6, 6.07) is 16.8. The quantitative estimate of drug-likeness (QED) is 0.439. The molecule has 0 heterocycles. The van der Waals surface area contributed by atoms with Crippen LogP contribution >= 0.6 is 15.9 Å². The molecule has 0 spiro atoms. The van der Waals surface area contributed by atoms with Gasteiger partial charge in [0.2, 0.25) is 5.91 Å². The molecule has 3 N–H and O–H groups in total. The van der Waals surface area contributed by atoms with Gasteiger partial charge in [-0.3, -0.25) is 15.0 Å². The van der Waals surface area contributed by atoms with Crippen molar-refractivity contribution in [2.45, 2.75) is 11.8 Å². The number of ether oxygens (including phenoxy) is 1. The number of halogens is 1. The van der Waals surface area contributed by atoms with E-state index in [0.717, 1.165) is 10.8 Å². The van der Waals surface area contributed by atoms with Crippen LogP contribution in [0, 0.1) is 0 Å². The van der Waals surface area contributed by atoms with Crippen LogP contribution in [0.2, 0.25) is 0 Å². The van der Waals surface area contributed by atoms with Crippen LogP contribution in [0.1, 0.15) is 6.92 Å². The Hall–Kier alpha value is -2.95. The Morgan fingerprint density at radius 3 is 2.40 bits per heavy atom. The summed E-state index contributed by atoms with van der Waals surface area (Å²) in [7, 11) is -3.98. The Kier molecular flexibility index (Phi) is 6.70. The number of anilines is 1. The lowest BCUT2D eigenvalue weighted by Crippen LogP contribution is -2.43. The first-order chi connectivity index (χ1) is 14.3. The average molecular weight is 492 g/mol. The van der Waals surface area contributed by atoms with Crippen molar-refractivity contribution in [3.8, 4) is 5.75 Å². The summed E-state index contributed by atoms with van der Waals surface area (Å²) < 4.78 is 30.8. The van der Waals surface area contributed by atoms with Crippen LogP contribution in [0.4, 0.5) is 5.69 Å². The molecule has 10 heteroatoms. The second-order valence-electron chi connectivity index (χ2n) is 6.25. The summed E-state index contributed by atoms with van der Waals surface area (Å²) in [6.45, 7) is 0.960. The SMILES string of the molecule is CC(=O)Nc1ccc(S(=O)(=O)NNC(=O)COc2ccc3ccccc3c2Br)cc1. The van der Waals surface area contributed by atoms with Crippen molar-refractivity contribution in [1.82, 2.24) is 10.3 Å². The molecule has 3 aromatic rings. The van der Waals surface area contributed by atoms with Gasteiger partial charge in [0, 0.05) is 12.6 Å². The third kappa shape index (κ3) is 5.35. The van der Waals surface area contributed by atoms with Crippen molar-refractivity contribution in [1.29, 1.82) is 0 Å². The second-order valence-corrected chi connectivity index (χ2v) is 8.72. The number of hydrazine groups is 1. The molecule has 0 aromatic heterocycles. The van der Waals surface area contributed by atoms with Crippen molar-refractivity contribution in [3.63, 3.8) is 0 Å². The summed E-state index contributed by atoms with van der Waals surface area (Å²) in [6.07, 6.45) is 0. The Bertz CT molecular complexity index is 1200. The van der Waals surface area contributed by atoms with E-state index in [4.69, 9.17) is 4.74 Å². The maximum atomic E-state index is 12.3. The molecule has 30 heavy (non-hydrogen) atoms. The third-order valence-corrected chi connectivity index (χ3v) is 6.08. The number of carbonyl (C=O) groups is 2. The van der Waals surface area contributed by atoms with Crippen LogP contribution in [-0.4, -0.2) is 26.8 Å². The Labute approximate surface area is 181 Å². The van der Waals surface area contributed by atoms with Crippen LogP contribution < -0.4 is 20.3 Å². The molecule has 0 saturated carbocycles. The van der Waals surface area contributed by atoms with Crippen LogP contribution in [0.3, 0.4) is 0 Å². The van der Waals surface area contributed by atoms with Crippen molar-refractivity contribution < 1.29 is 22.7 Å². The highest BCUT2D eigenvalue weighted by atomic mass is 79.9. The summed E-state index contributed by atoms with van der Waals surface area (Å²) in [5, 5.41) is 4.48. The minimum absolute atomic E-state index is 0.0740. The van der Waals surface area contributed by atoms with Crippen molar-refractivity contribution in [2.24, 2.45) is 0 Å². The molecule has 0 aliphatic heterocycles. The zero-order valence-corrected chi connectivity index (χ0v) is 18.2. The Morgan fingerprint density at radius 2 is 1.70 bits per heavy atom. The van der Waals surface area contributed by atoms with Gasteiger partial charge in [-0.15, -0.1) is 4.83 Å². The van der Waals surface area contributed by atoms with E-state index in [9.17, 15) is 18.0 Å². The Morgan fingerprint density at radius 1 is 1.00 bits per heavy atom. The fourth-order valence-electron chi connectivity index (χ4n) is 2.61. The normalized spacial score (nSPS) is 11.1. The van der Waals surface area contributed by atoms with Gasteiger partial charge >= 0.3 is 0 Å². The highest BCUT2D eigenvalue weighted by Crippen LogP contribution is 2.32. The lowest BCUT2D eigenvalue weighted by atomic mass is 10.1. The molecule has 0 unspecified atom stereocenters. The van der Waals surface area contributed by atoms with Gasteiger partial charge in [0.1, 0.15) is 5.75 Å². The van der Waals surface area contributed by atoms with Gasteiger partial charge in [-0.25, -0.2) is 8.42 Å². The largest absolute Gasteiger partial charge is 0.483 e. The van der Waals surface area contributed by atoms with E-state index in [1.54, 1.807) is 6.07 Å². The summed E-state index contributed by atoms with van der Waals surface area (Å²) in [5.74, 6) is -0.484. The molecule has 0 atom stereocenters. The first-order valence-electron chi connectivity index (χ1n) is 8.74. The lowest BCUT2D eigenvalue weighted by molar-refractivity contribution is -0.123. The van der Waals surface area contributed by atoms with Gasteiger partial charge in [-0.1, -0.05) is 30.3 Å². The van der Waals surface area contributed by atoms with Crippen LogP contribution in [-0.2, 0) is 19.6 Å². The van der Waals surface area contributed by atoms with Crippen LogP contribution in [0.25, 0.3) is 10.8 Å². The first kappa shape index (κ1) is 21.8. The Balaban J connectivity index is 1.57. The minimum atomic E-state index is -3.98. The lowest BCUT2D eigenvalue weighted by Gasteiger charge is -2.12. The molecule has 0 aliphatic rings. The number of amides is 2. The average Bonchev–Trinajstić information content (AvgIpc) is 2.72. The zero-order chi connectivity index (χ0) is 21.7. The second kappa shape index (κ2) is 9.24. The predicted octanol–water partition coefficient (Wildman–Crippen LogP) is 2.95. The van der Waals surface area contributed by atoms with Gasteiger partial charge < -0.3 is 10.1 Å². The fourth-order valence-corrected chi connectivity index (χ4v) is 4.08. The molecule has 8 nitrogen and oxygen atoms in total. The molecular formula is C20H18BrN3O5S. The number of sulfonamides is 1. The van der Waals surface area contributed by atoms with Crippen molar-refractivity contribution >= 4 is 54.2 Å². The fraction of sp³-hybridized carbons (Fsp3) is 0.100. The number of carbonyl (C=O) groups excluding carboxylic acids is 2. The summed E-state index contributed by atoms with van der Waals surface area (Å²) in [5.41, 5.74) is 2.57. The maximum Gasteiger partial charge on any atom is 0.272 e. The molecule has 0 radical (unpaired) electrons. The number of hydrogen-bond acceptors (Lipinski definition) is 5. The molecular weight excluding hydrogens is 474 g/mol. The number of fused-ring (bicyclic) bond motifs is 1. The van der Waals surface area contributed by atoms with E-state index in [0.29, 0.717) is 15.9 Å². The van der Waals surface area contributed by atoms with Gasteiger partial charge in [0.05, 0.1) is 9.37 Å². The van der Waals surface area contributed by atoms with E-state index in [1.165, 1.54) is 31.2 Å². The summed E-state index contributed by atoms with van der Waals surface area (Å²) in [4.78, 5) is 25.0. The maximum absolute atomic E-state index is 12.3. The molecule has 3 rings (SSSR count). The molecule has 2 amide bonds. The number of rotatable bonds is 7. The molecule has 156 valence electrons. The smallest absolute Gasteiger partial charge is 0.272 e. The zero-order valence-electron chi connectivity index (χ0n) is 15.8. The highest BCUT2D eigenvalue weighted by Gasteiger charge is 2.16. The van der Waals surface area contributed by atoms with E-state index in [2.05, 4.69) is 26.7 Å². The standard InChI is InChI=1S/C20H18BrN3O5S/c1-13(25)22-15-7-9-16(10-8-15)30(27,28)24-23-19(26)12-29-18-11-6-14-4-2-3-5-17(14)20(18)21/h2-11,24H,12H2,1H3,(H,22,25)(H,23,26). The van der Waals surface area contributed by atoms with Gasteiger partial charge in [0.25, 0.3) is 15.9 Å². The van der Waals surface area contributed by atoms with E-state index in [1.807, 2.05) is 35.2 Å². The number of benzene rings is 3. The van der Waals surface area contributed by atoms with Crippen LogP contribution in [0.15, 0.2) is 70.0 Å². The topological polar surface area (TPSA) is 114 Å². The molecule has 0 fully saturated rings. The number of hydrogen-bond donors (Lipinski definition) is 3. The molecule has 0 bridgehead atoms. The highest BCUT2D eigenvalue weighted by molar-refractivity contribution is 9.10. The predicted molar refractivity (Wildman–Crippen MR) is 116 cm³/mol. The number of nitrogens with one attached hydrogen (secondary N) is 3. The minimum Gasteiger partial charge on any atom is -0.483 e. The van der Waals surface area contributed by atoms with E-state index < -0.39 is 15.9 Å². The van der Waals surface area contributed by atoms with Gasteiger partial charge in [0.15, 0.2) is 6.61 Å². The molecule has 0 saturated heterocycles. The van der Waals surface area contributed by atoms with Crippen molar-refractivity contribution in [3.05, 3.63) is 65.1 Å². The molecule has 0 aliphatic carbocycles. The summed E-state index contributed by atoms with van der Waals surface area (Å²) >= 11 is 3.46.